The molecule has 1 aliphatic heterocycles. The molecule has 1 atom stereocenters. The molecule has 1 amide bonds. The highest BCUT2D eigenvalue weighted by atomic mass is 16.5. The molecule has 8 heteroatoms. The smallest absolute Gasteiger partial charge is 0.293 e. The third kappa shape index (κ3) is 4.44. The van der Waals surface area contributed by atoms with Crippen LogP contribution >= 0.6 is 0 Å². The van der Waals surface area contributed by atoms with Crippen molar-refractivity contribution in [1.29, 1.82) is 0 Å². The Morgan fingerprint density at radius 3 is 2.43 bits per heavy atom. The van der Waals surface area contributed by atoms with E-state index in [1.54, 1.807) is 12.0 Å². The van der Waals surface area contributed by atoms with Crippen molar-refractivity contribution in [2.75, 3.05) is 38.2 Å². The lowest BCUT2D eigenvalue weighted by Gasteiger charge is -2.35. The molecule has 0 unspecified atom stereocenters. The first-order chi connectivity index (χ1) is 14.6. The van der Waals surface area contributed by atoms with E-state index >= 15 is 0 Å². The summed E-state index contributed by atoms with van der Waals surface area (Å²) in [5.74, 6) is 0.803. The zero-order chi connectivity index (χ0) is 20.9. The van der Waals surface area contributed by atoms with Gasteiger partial charge in [0.1, 0.15) is 12.1 Å². The first-order valence-corrected chi connectivity index (χ1v) is 9.95. The van der Waals surface area contributed by atoms with Gasteiger partial charge in [0.25, 0.3) is 5.91 Å². The Labute approximate surface area is 175 Å². The van der Waals surface area contributed by atoms with Crippen molar-refractivity contribution in [3.63, 3.8) is 0 Å². The Balaban J connectivity index is 1.33. The number of hydrogen-bond acceptors (Lipinski definition) is 6. The normalized spacial score (nSPS) is 15.1. The molecule has 0 radical (unpaired) electrons. The predicted molar refractivity (Wildman–Crippen MR) is 113 cm³/mol. The van der Waals surface area contributed by atoms with Crippen LogP contribution in [0.1, 0.15) is 22.3 Å². The largest absolute Gasteiger partial charge is 0.497 e. The van der Waals surface area contributed by atoms with Gasteiger partial charge in [0.2, 0.25) is 5.82 Å². The molecule has 0 aliphatic carbocycles. The van der Waals surface area contributed by atoms with E-state index in [2.05, 4.69) is 15.0 Å². The number of carbonyl (C=O) groups excluding carboxylic acids is 1. The van der Waals surface area contributed by atoms with Crippen LogP contribution < -0.4 is 9.64 Å². The van der Waals surface area contributed by atoms with E-state index < -0.39 is 6.10 Å². The average molecular weight is 407 g/mol. The van der Waals surface area contributed by atoms with Crippen LogP contribution in [-0.2, 0) is 6.54 Å². The van der Waals surface area contributed by atoms with E-state index in [1.807, 2.05) is 54.6 Å². The topological polar surface area (TPSA) is 83.7 Å². The molecule has 1 aromatic heterocycles. The van der Waals surface area contributed by atoms with Gasteiger partial charge >= 0.3 is 0 Å². The van der Waals surface area contributed by atoms with E-state index in [0.717, 1.165) is 30.1 Å². The number of aromatic nitrogens is 3. The molecule has 156 valence electrons. The molecular formula is C22H25N5O3. The number of benzene rings is 2. The number of carbonyl (C=O) groups is 1. The lowest BCUT2D eigenvalue weighted by molar-refractivity contribution is 0.0733. The third-order valence-electron chi connectivity index (χ3n) is 5.28. The molecule has 0 bridgehead atoms. The van der Waals surface area contributed by atoms with E-state index in [0.29, 0.717) is 13.1 Å². The molecule has 2 heterocycles. The van der Waals surface area contributed by atoms with Crippen LogP contribution in [0.2, 0.25) is 0 Å². The highest BCUT2D eigenvalue weighted by molar-refractivity contribution is 5.90. The van der Waals surface area contributed by atoms with Crippen LogP contribution in [0.4, 0.5) is 5.69 Å². The number of ether oxygens (including phenoxy) is 1. The van der Waals surface area contributed by atoms with Gasteiger partial charge < -0.3 is 19.6 Å². The number of aliphatic hydroxyl groups is 1. The maximum absolute atomic E-state index is 12.8. The molecule has 0 saturated carbocycles. The van der Waals surface area contributed by atoms with Crippen LogP contribution in [-0.4, -0.2) is 64.0 Å². The minimum Gasteiger partial charge on any atom is -0.497 e. The predicted octanol–water partition coefficient (Wildman–Crippen LogP) is 1.98. The second-order valence-corrected chi connectivity index (χ2v) is 7.19. The van der Waals surface area contributed by atoms with Gasteiger partial charge in [-0.1, -0.05) is 30.3 Å². The summed E-state index contributed by atoms with van der Waals surface area (Å²) in [4.78, 5) is 21.0. The van der Waals surface area contributed by atoms with Gasteiger partial charge in [-0.05, 0) is 29.8 Å². The van der Waals surface area contributed by atoms with Crippen LogP contribution in [0.15, 0.2) is 60.9 Å². The number of piperazine rings is 1. The molecule has 1 saturated heterocycles. The van der Waals surface area contributed by atoms with Crippen LogP contribution in [0.25, 0.3) is 0 Å². The number of nitrogens with zero attached hydrogens (tertiary/aromatic N) is 5. The van der Waals surface area contributed by atoms with Gasteiger partial charge in [0, 0.05) is 31.9 Å². The van der Waals surface area contributed by atoms with Crippen molar-refractivity contribution in [2.24, 2.45) is 0 Å². The van der Waals surface area contributed by atoms with Gasteiger partial charge in [0.05, 0.1) is 19.8 Å². The Bertz CT molecular complexity index is 966. The van der Waals surface area contributed by atoms with Crippen molar-refractivity contribution in [3.8, 4) is 5.75 Å². The zero-order valence-corrected chi connectivity index (χ0v) is 16.9. The van der Waals surface area contributed by atoms with E-state index in [-0.39, 0.29) is 18.3 Å². The quantitative estimate of drug-likeness (QED) is 0.673. The standard InChI is InChI=1S/C22H25N5O3/c1-30-19-9-7-18(8-10-19)25-11-13-26(14-12-25)22(29)21-23-16-27(24-21)15-20(28)17-5-3-2-4-6-17/h2-10,16,20,28H,11-15H2,1H3/t20-/m1/s1. The van der Waals surface area contributed by atoms with Crippen molar-refractivity contribution in [2.45, 2.75) is 12.6 Å². The molecule has 8 nitrogen and oxygen atoms in total. The first kappa shape index (κ1) is 19.9. The van der Waals surface area contributed by atoms with Gasteiger partial charge in [-0.15, -0.1) is 5.10 Å². The van der Waals surface area contributed by atoms with Gasteiger partial charge in [-0.3, -0.25) is 4.79 Å². The molecule has 2 aromatic carbocycles. The van der Waals surface area contributed by atoms with Crippen molar-refractivity contribution < 1.29 is 14.6 Å². The molecule has 3 aromatic rings. The number of aliphatic hydroxyl groups excluding tert-OH is 1. The number of rotatable bonds is 6. The fourth-order valence-electron chi connectivity index (χ4n) is 3.54. The lowest BCUT2D eigenvalue weighted by atomic mass is 10.1. The number of anilines is 1. The van der Waals surface area contributed by atoms with Crippen LogP contribution in [0.5, 0.6) is 5.75 Å². The summed E-state index contributed by atoms with van der Waals surface area (Å²) in [6.07, 6.45) is 0.788. The van der Waals surface area contributed by atoms with Crippen molar-refractivity contribution in [1.82, 2.24) is 19.7 Å². The third-order valence-corrected chi connectivity index (χ3v) is 5.28. The summed E-state index contributed by atoms with van der Waals surface area (Å²) in [6, 6.07) is 17.3. The summed E-state index contributed by atoms with van der Waals surface area (Å²) in [6.45, 7) is 2.94. The van der Waals surface area contributed by atoms with E-state index in [1.165, 1.54) is 11.0 Å². The zero-order valence-electron chi connectivity index (χ0n) is 16.9. The maximum atomic E-state index is 12.8. The minimum atomic E-state index is -0.705. The van der Waals surface area contributed by atoms with Gasteiger partial charge in [-0.2, -0.15) is 0 Å². The second kappa shape index (κ2) is 8.96. The minimum absolute atomic E-state index is 0.160. The summed E-state index contributed by atoms with van der Waals surface area (Å²) in [7, 11) is 1.65. The van der Waals surface area contributed by atoms with Gasteiger partial charge in [-0.25, -0.2) is 9.67 Å². The Morgan fingerprint density at radius 2 is 1.77 bits per heavy atom. The number of methoxy groups -OCH3 is 1. The molecular weight excluding hydrogens is 382 g/mol. The average Bonchev–Trinajstić information content (AvgIpc) is 3.28. The molecule has 1 fully saturated rings. The van der Waals surface area contributed by atoms with Crippen LogP contribution in [0, 0.1) is 0 Å². The number of amides is 1. The molecule has 4 rings (SSSR count). The Kier molecular flexibility index (Phi) is 5.94. The molecule has 0 spiro atoms. The maximum Gasteiger partial charge on any atom is 0.293 e. The summed E-state index contributed by atoms with van der Waals surface area (Å²) in [5.41, 5.74) is 1.91. The first-order valence-electron chi connectivity index (χ1n) is 9.95. The highest BCUT2D eigenvalue weighted by Crippen LogP contribution is 2.21. The summed E-state index contributed by atoms with van der Waals surface area (Å²) in [5, 5.41) is 14.6. The molecule has 30 heavy (non-hydrogen) atoms. The van der Waals surface area contributed by atoms with Crippen LogP contribution in [0.3, 0.4) is 0 Å². The fraction of sp³-hybridized carbons (Fsp3) is 0.318. The second-order valence-electron chi connectivity index (χ2n) is 7.19. The highest BCUT2D eigenvalue weighted by Gasteiger charge is 2.25. The fourth-order valence-corrected chi connectivity index (χ4v) is 3.54. The Hall–Kier alpha value is -3.39. The van der Waals surface area contributed by atoms with Crippen molar-refractivity contribution >= 4 is 11.6 Å². The van der Waals surface area contributed by atoms with Crippen molar-refractivity contribution in [3.05, 3.63) is 72.3 Å². The summed E-state index contributed by atoms with van der Waals surface area (Å²) < 4.78 is 6.71. The van der Waals surface area contributed by atoms with E-state index in [9.17, 15) is 9.90 Å². The monoisotopic (exact) mass is 407 g/mol. The Morgan fingerprint density at radius 1 is 1.07 bits per heavy atom. The van der Waals surface area contributed by atoms with Gasteiger partial charge in [0.15, 0.2) is 0 Å². The molecule has 1 N–H and O–H groups in total. The SMILES string of the molecule is COc1ccc(N2CCN(C(=O)c3ncn(C[C@@H](O)c4ccccc4)n3)CC2)cc1. The van der Waals surface area contributed by atoms with E-state index in [4.69, 9.17) is 4.74 Å². The number of hydrogen-bond donors (Lipinski definition) is 1. The molecule has 1 aliphatic rings. The lowest BCUT2D eigenvalue weighted by Crippen LogP contribution is -2.49. The summed E-state index contributed by atoms with van der Waals surface area (Å²) >= 11 is 0.